The molecular formula is C15H18ClN3O. The Hall–Kier alpha value is -1.52. The molecule has 4 nitrogen and oxygen atoms in total. The van der Waals surface area contributed by atoms with Crippen molar-refractivity contribution in [1.29, 1.82) is 0 Å². The van der Waals surface area contributed by atoms with Crippen molar-refractivity contribution in [3.63, 3.8) is 0 Å². The van der Waals surface area contributed by atoms with E-state index >= 15 is 0 Å². The van der Waals surface area contributed by atoms with Gasteiger partial charge in [-0.15, -0.1) is 0 Å². The molecule has 106 valence electrons. The number of hydrogen-bond acceptors (Lipinski definition) is 3. The van der Waals surface area contributed by atoms with Gasteiger partial charge in [0.1, 0.15) is 11.9 Å². The number of fused-ring (bicyclic) bond motifs is 1. The number of benzene rings is 1. The highest BCUT2D eigenvalue weighted by Gasteiger charge is 2.29. The van der Waals surface area contributed by atoms with Gasteiger partial charge < -0.3 is 15.0 Å². The molecule has 0 fully saturated rings. The first kappa shape index (κ1) is 13.5. The van der Waals surface area contributed by atoms with Crippen molar-refractivity contribution in [1.82, 2.24) is 9.55 Å². The summed E-state index contributed by atoms with van der Waals surface area (Å²) >= 11 is 6.02. The number of nitrogens with two attached hydrogens (primary N) is 1. The number of nitrogens with zero attached hydrogens (tertiary/aromatic N) is 2. The number of imidazole rings is 1. The first-order valence-electron chi connectivity index (χ1n) is 6.90. The molecule has 5 heteroatoms. The molecule has 0 saturated carbocycles. The molecule has 0 amide bonds. The molecule has 1 aliphatic rings. The highest BCUT2D eigenvalue weighted by molar-refractivity contribution is 6.30. The first-order chi connectivity index (χ1) is 9.69. The SMILES string of the molecule is CCCn1cncc1C1C[C@H](N)c2cc(Cl)ccc2O1. The predicted octanol–water partition coefficient (Wildman–Crippen LogP) is 3.47. The summed E-state index contributed by atoms with van der Waals surface area (Å²) in [5.41, 5.74) is 8.34. The second-order valence-electron chi connectivity index (χ2n) is 5.14. The van der Waals surface area contributed by atoms with E-state index in [0.29, 0.717) is 5.02 Å². The van der Waals surface area contributed by atoms with Gasteiger partial charge in [-0.25, -0.2) is 4.98 Å². The fourth-order valence-corrected chi connectivity index (χ4v) is 2.86. The molecule has 20 heavy (non-hydrogen) atoms. The Morgan fingerprint density at radius 1 is 1.50 bits per heavy atom. The molecule has 2 atom stereocenters. The van der Waals surface area contributed by atoms with Gasteiger partial charge in [-0.3, -0.25) is 0 Å². The smallest absolute Gasteiger partial charge is 0.142 e. The maximum absolute atomic E-state index is 6.27. The largest absolute Gasteiger partial charge is 0.484 e. The number of aromatic nitrogens is 2. The van der Waals surface area contributed by atoms with Crippen LogP contribution in [0.3, 0.4) is 0 Å². The lowest BCUT2D eigenvalue weighted by molar-refractivity contribution is 0.153. The molecule has 0 spiro atoms. The maximum Gasteiger partial charge on any atom is 0.142 e. The Morgan fingerprint density at radius 2 is 2.35 bits per heavy atom. The molecule has 3 rings (SSSR count). The van der Waals surface area contributed by atoms with Crippen LogP contribution in [0.5, 0.6) is 5.75 Å². The average molecular weight is 292 g/mol. The third-order valence-corrected chi connectivity index (χ3v) is 3.88. The van der Waals surface area contributed by atoms with Gasteiger partial charge in [0.2, 0.25) is 0 Å². The minimum Gasteiger partial charge on any atom is -0.484 e. The molecule has 2 aromatic rings. The number of halogens is 1. The molecule has 0 radical (unpaired) electrons. The molecule has 0 bridgehead atoms. The van der Waals surface area contributed by atoms with E-state index in [4.69, 9.17) is 22.1 Å². The van der Waals surface area contributed by atoms with E-state index in [1.807, 2.05) is 30.7 Å². The van der Waals surface area contributed by atoms with Crippen LogP contribution in [-0.4, -0.2) is 9.55 Å². The molecule has 1 aromatic carbocycles. The summed E-state index contributed by atoms with van der Waals surface area (Å²) in [4.78, 5) is 4.23. The van der Waals surface area contributed by atoms with Crippen molar-refractivity contribution in [2.24, 2.45) is 5.73 Å². The summed E-state index contributed by atoms with van der Waals surface area (Å²) in [6, 6.07) is 5.55. The van der Waals surface area contributed by atoms with Gasteiger partial charge in [-0.05, 0) is 24.6 Å². The van der Waals surface area contributed by atoms with E-state index in [0.717, 1.165) is 36.4 Å². The molecule has 0 saturated heterocycles. The zero-order chi connectivity index (χ0) is 14.1. The van der Waals surface area contributed by atoms with Crippen molar-refractivity contribution in [2.75, 3.05) is 0 Å². The number of aryl methyl sites for hydroxylation is 1. The first-order valence-corrected chi connectivity index (χ1v) is 7.28. The summed E-state index contributed by atoms with van der Waals surface area (Å²) in [5, 5.41) is 0.692. The van der Waals surface area contributed by atoms with E-state index in [2.05, 4.69) is 16.5 Å². The van der Waals surface area contributed by atoms with Crippen molar-refractivity contribution >= 4 is 11.6 Å². The summed E-state index contributed by atoms with van der Waals surface area (Å²) in [5.74, 6) is 0.822. The highest BCUT2D eigenvalue weighted by Crippen LogP contribution is 2.40. The van der Waals surface area contributed by atoms with E-state index in [-0.39, 0.29) is 12.1 Å². The van der Waals surface area contributed by atoms with Gasteiger partial charge >= 0.3 is 0 Å². The van der Waals surface area contributed by atoms with Crippen LogP contribution in [0.25, 0.3) is 0 Å². The van der Waals surface area contributed by atoms with Gasteiger partial charge in [0.15, 0.2) is 0 Å². The second-order valence-corrected chi connectivity index (χ2v) is 5.58. The van der Waals surface area contributed by atoms with Gasteiger partial charge in [0.05, 0.1) is 18.2 Å². The van der Waals surface area contributed by atoms with Crippen molar-refractivity contribution in [3.8, 4) is 5.75 Å². The average Bonchev–Trinajstić information content (AvgIpc) is 2.88. The van der Waals surface area contributed by atoms with Gasteiger partial charge in [-0.1, -0.05) is 18.5 Å². The van der Waals surface area contributed by atoms with Crippen LogP contribution in [0, 0.1) is 0 Å². The zero-order valence-electron chi connectivity index (χ0n) is 11.4. The van der Waals surface area contributed by atoms with Crippen molar-refractivity contribution in [3.05, 3.63) is 47.0 Å². The second kappa shape index (κ2) is 5.46. The molecule has 1 aromatic heterocycles. The predicted molar refractivity (Wildman–Crippen MR) is 78.9 cm³/mol. The normalized spacial score (nSPS) is 21.4. The standard InChI is InChI=1S/C15H18ClN3O/c1-2-5-19-9-18-8-13(19)15-7-12(17)11-6-10(16)3-4-14(11)20-15/h3-4,6,8-9,12,15H,2,5,7,17H2,1H3/t12-,15?/m0/s1. The third-order valence-electron chi connectivity index (χ3n) is 3.65. The molecule has 2 N–H and O–H groups in total. The minimum absolute atomic E-state index is 0.0484. The Bertz CT molecular complexity index is 611. The summed E-state index contributed by atoms with van der Waals surface area (Å²) in [6.45, 7) is 3.09. The van der Waals surface area contributed by atoms with Crippen molar-refractivity contribution < 1.29 is 4.74 Å². The van der Waals surface area contributed by atoms with Crippen LogP contribution in [-0.2, 0) is 6.54 Å². The van der Waals surface area contributed by atoms with Crippen LogP contribution in [0.2, 0.25) is 5.02 Å². The summed E-state index contributed by atoms with van der Waals surface area (Å²) < 4.78 is 8.23. The number of ether oxygens (including phenoxy) is 1. The van der Waals surface area contributed by atoms with Crippen molar-refractivity contribution in [2.45, 2.75) is 38.5 Å². The highest BCUT2D eigenvalue weighted by atomic mass is 35.5. The Morgan fingerprint density at radius 3 is 3.15 bits per heavy atom. The van der Waals surface area contributed by atoms with Crippen LogP contribution in [0.1, 0.15) is 43.2 Å². The Balaban J connectivity index is 1.91. The fraction of sp³-hybridized carbons (Fsp3) is 0.400. The zero-order valence-corrected chi connectivity index (χ0v) is 12.2. The maximum atomic E-state index is 6.27. The van der Waals surface area contributed by atoms with E-state index in [1.165, 1.54) is 0 Å². The Labute approximate surface area is 123 Å². The van der Waals surface area contributed by atoms with E-state index < -0.39 is 0 Å². The number of hydrogen-bond donors (Lipinski definition) is 1. The molecule has 1 aliphatic heterocycles. The lowest BCUT2D eigenvalue weighted by Crippen LogP contribution is -2.25. The summed E-state index contributed by atoms with van der Waals surface area (Å²) in [7, 11) is 0. The lowest BCUT2D eigenvalue weighted by atomic mass is 9.96. The fourth-order valence-electron chi connectivity index (χ4n) is 2.68. The van der Waals surface area contributed by atoms with Crippen LogP contribution < -0.4 is 10.5 Å². The van der Waals surface area contributed by atoms with Gasteiger partial charge in [0.25, 0.3) is 0 Å². The van der Waals surface area contributed by atoms with Gasteiger partial charge in [0, 0.05) is 29.6 Å². The minimum atomic E-state index is -0.0626. The van der Waals surface area contributed by atoms with Crippen LogP contribution >= 0.6 is 11.6 Å². The third kappa shape index (κ3) is 2.41. The Kier molecular flexibility index (Phi) is 3.68. The number of rotatable bonds is 3. The molecule has 1 unspecified atom stereocenters. The molecule has 0 aliphatic carbocycles. The van der Waals surface area contributed by atoms with E-state index in [1.54, 1.807) is 0 Å². The van der Waals surface area contributed by atoms with Crippen LogP contribution in [0.4, 0.5) is 0 Å². The lowest BCUT2D eigenvalue weighted by Gasteiger charge is -2.30. The monoisotopic (exact) mass is 291 g/mol. The molecule has 2 heterocycles. The quantitative estimate of drug-likeness (QED) is 0.942. The topological polar surface area (TPSA) is 53.1 Å². The van der Waals surface area contributed by atoms with Crippen LogP contribution in [0.15, 0.2) is 30.7 Å². The molecular weight excluding hydrogens is 274 g/mol. The summed E-state index contributed by atoms with van der Waals surface area (Å²) in [6.07, 6.45) is 5.48. The van der Waals surface area contributed by atoms with E-state index in [9.17, 15) is 0 Å². The van der Waals surface area contributed by atoms with Gasteiger partial charge in [-0.2, -0.15) is 0 Å².